The van der Waals surface area contributed by atoms with Crippen LogP contribution in [0.4, 0.5) is 0 Å². The first-order valence-corrected chi connectivity index (χ1v) is 7.67. The number of rotatable bonds is 4. The molecule has 1 saturated carbocycles. The number of nitrogens with zero attached hydrogens (tertiary/aromatic N) is 1. The van der Waals surface area contributed by atoms with Gasteiger partial charge in [-0.3, -0.25) is 4.79 Å². The summed E-state index contributed by atoms with van der Waals surface area (Å²) >= 11 is 0. The molecule has 1 aliphatic carbocycles. The molecule has 0 aromatic rings. The molecular formula is C15H29N3O. The third kappa shape index (κ3) is 3.48. The Morgan fingerprint density at radius 2 is 2.05 bits per heavy atom. The number of likely N-dealkylation sites (N-methyl/N-ethyl adjacent to an activating group) is 1. The van der Waals surface area contributed by atoms with Crippen molar-refractivity contribution in [2.75, 3.05) is 27.2 Å². The smallest absolute Gasteiger partial charge is 0.223 e. The van der Waals surface area contributed by atoms with Crippen LogP contribution in [0.3, 0.4) is 0 Å². The SMILES string of the molecule is CC1NC2CCC(C(=O)NCCN(C)C)CC2C1C. The molecule has 4 nitrogen and oxygen atoms in total. The fourth-order valence-electron chi connectivity index (χ4n) is 3.64. The Morgan fingerprint density at radius 3 is 2.74 bits per heavy atom. The highest BCUT2D eigenvalue weighted by Gasteiger charge is 2.43. The molecule has 1 amide bonds. The van der Waals surface area contributed by atoms with Gasteiger partial charge in [0, 0.05) is 31.1 Å². The molecule has 2 rings (SSSR count). The van der Waals surface area contributed by atoms with Gasteiger partial charge in [0.05, 0.1) is 0 Å². The Bertz CT molecular complexity index is 319. The molecule has 19 heavy (non-hydrogen) atoms. The maximum absolute atomic E-state index is 12.2. The number of fused-ring (bicyclic) bond motifs is 1. The summed E-state index contributed by atoms with van der Waals surface area (Å²) in [5.41, 5.74) is 0. The van der Waals surface area contributed by atoms with E-state index >= 15 is 0 Å². The van der Waals surface area contributed by atoms with Crippen LogP contribution in [0.1, 0.15) is 33.1 Å². The highest BCUT2D eigenvalue weighted by Crippen LogP contribution is 2.39. The zero-order chi connectivity index (χ0) is 14.0. The lowest BCUT2D eigenvalue weighted by Crippen LogP contribution is -2.41. The minimum Gasteiger partial charge on any atom is -0.355 e. The number of hydrogen-bond donors (Lipinski definition) is 2. The summed E-state index contributed by atoms with van der Waals surface area (Å²) in [6.07, 6.45) is 3.27. The Morgan fingerprint density at radius 1 is 1.32 bits per heavy atom. The number of amides is 1. The van der Waals surface area contributed by atoms with E-state index in [1.807, 2.05) is 14.1 Å². The lowest BCUT2D eigenvalue weighted by atomic mass is 9.74. The van der Waals surface area contributed by atoms with Crippen molar-refractivity contribution in [3.05, 3.63) is 0 Å². The second kappa shape index (κ2) is 6.23. The molecule has 5 unspecified atom stereocenters. The van der Waals surface area contributed by atoms with Gasteiger partial charge in [-0.25, -0.2) is 0 Å². The van der Waals surface area contributed by atoms with Crippen molar-refractivity contribution in [1.82, 2.24) is 15.5 Å². The van der Waals surface area contributed by atoms with E-state index in [1.165, 1.54) is 0 Å². The van der Waals surface area contributed by atoms with Gasteiger partial charge in [-0.2, -0.15) is 0 Å². The maximum atomic E-state index is 12.2. The predicted octanol–water partition coefficient (Wildman–Crippen LogP) is 1.08. The number of carbonyl (C=O) groups excluding carboxylic acids is 1. The molecule has 1 aliphatic heterocycles. The van der Waals surface area contributed by atoms with E-state index in [0.717, 1.165) is 32.4 Å². The van der Waals surface area contributed by atoms with Gasteiger partial charge in [0.1, 0.15) is 0 Å². The van der Waals surface area contributed by atoms with Crippen molar-refractivity contribution < 1.29 is 4.79 Å². The van der Waals surface area contributed by atoms with Crippen LogP contribution >= 0.6 is 0 Å². The molecule has 5 atom stereocenters. The highest BCUT2D eigenvalue weighted by molar-refractivity contribution is 5.78. The first-order chi connectivity index (χ1) is 8.99. The van der Waals surface area contributed by atoms with Gasteiger partial charge < -0.3 is 15.5 Å². The van der Waals surface area contributed by atoms with E-state index in [-0.39, 0.29) is 11.8 Å². The second-order valence-electron chi connectivity index (χ2n) is 6.69. The van der Waals surface area contributed by atoms with Gasteiger partial charge in [0.2, 0.25) is 5.91 Å². The molecule has 0 aromatic carbocycles. The monoisotopic (exact) mass is 267 g/mol. The average molecular weight is 267 g/mol. The van der Waals surface area contributed by atoms with Gasteiger partial charge in [0.25, 0.3) is 0 Å². The van der Waals surface area contributed by atoms with Crippen molar-refractivity contribution in [2.45, 2.75) is 45.2 Å². The summed E-state index contributed by atoms with van der Waals surface area (Å²) in [6, 6.07) is 1.25. The first kappa shape index (κ1) is 14.8. The normalized spacial score (nSPS) is 38.3. The van der Waals surface area contributed by atoms with Crippen LogP contribution in [0.5, 0.6) is 0 Å². The zero-order valence-electron chi connectivity index (χ0n) is 12.8. The van der Waals surface area contributed by atoms with Crippen LogP contribution < -0.4 is 10.6 Å². The summed E-state index contributed by atoms with van der Waals surface area (Å²) < 4.78 is 0. The third-order valence-corrected chi connectivity index (χ3v) is 5.07. The van der Waals surface area contributed by atoms with Crippen LogP contribution in [0.25, 0.3) is 0 Å². The topological polar surface area (TPSA) is 44.4 Å². The van der Waals surface area contributed by atoms with Crippen LogP contribution in [0.15, 0.2) is 0 Å². The minimum absolute atomic E-state index is 0.234. The fraction of sp³-hybridized carbons (Fsp3) is 0.933. The molecule has 1 heterocycles. The Hall–Kier alpha value is -0.610. The standard InChI is InChI=1S/C15H29N3O/c1-10-11(2)17-14-6-5-12(9-13(10)14)15(19)16-7-8-18(3)4/h10-14,17H,5-9H2,1-4H3,(H,16,19). The molecule has 2 aliphatic rings. The lowest BCUT2D eigenvalue weighted by molar-refractivity contribution is -0.126. The highest BCUT2D eigenvalue weighted by atomic mass is 16.1. The molecule has 0 radical (unpaired) electrons. The lowest BCUT2D eigenvalue weighted by Gasteiger charge is -2.32. The Kier molecular flexibility index (Phi) is 4.85. The number of nitrogens with one attached hydrogen (secondary N) is 2. The largest absolute Gasteiger partial charge is 0.355 e. The van der Waals surface area contributed by atoms with Crippen LogP contribution in [-0.2, 0) is 4.79 Å². The summed E-state index contributed by atoms with van der Waals surface area (Å²) in [5, 5.41) is 6.77. The first-order valence-electron chi connectivity index (χ1n) is 7.67. The Balaban J connectivity index is 1.81. The zero-order valence-corrected chi connectivity index (χ0v) is 12.8. The molecule has 0 aromatic heterocycles. The fourth-order valence-corrected chi connectivity index (χ4v) is 3.64. The molecule has 2 fully saturated rings. The molecule has 0 bridgehead atoms. The van der Waals surface area contributed by atoms with Crippen LogP contribution in [0, 0.1) is 17.8 Å². The molecular weight excluding hydrogens is 238 g/mol. The minimum atomic E-state index is 0.234. The van der Waals surface area contributed by atoms with Crippen molar-refractivity contribution >= 4 is 5.91 Å². The van der Waals surface area contributed by atoms with E-state index < -0.39 is 0 Å². The molecule has 1 saturated heterocycles. The summed E-state index contributed by atoms with van der Waals surface area (Å²) in [7, 11) is 4.06. The van der Waals surface area contributed by atoms with E-state index in [4.69, 9.17) is 0 Å². The Labute approximate surface area is 117 Å². The van der Waals surface area contributed by atoms with Crippen LogP contribution in [0.2, 0.25) is 0 Å². The van der Waals surface area contributed by atoms with Crippen molar-refractivity contribution in [3.63, 3.8) is 0 Å². The third-order valence-electron chi connectivity index (χ3n) is 5.07. The van der Waals surface area contributed by atoms with Gasteiger partial charge in [-0.05, 0) is 52.1 Å². The summed E-state index contributed by atoms with van der Waals surface area (Å²) in [5.74, 6) is 1.89. The molecule has 4 heteroatoms. The van der Waals surface area contributed by atoms with Crippen molar-refractivity contribution in [3.8, 4) is 0 Å². The van der Waals surface area contributed by atoms with E-state index in [0.29, 0.717) is 23.9 Å². The predicted molar refractivity (Wildman–Crippen MR) is 77.9 cm³/mol. The van der Waals surface area contributed by atoms with E-state index in [2.05, 4.69) is 29.4 Å². The maximum Gasteiger partial charge on any atom is 0.223 e. The van der Waals surface area contributed by atoms with Gasteiger partial charge in [-0.1, -0.05) is 6.92 Å². The molecule has 2 N–H and O–H groups in total. The summed E-state index contributed by atoms with van der Waals surface area (Å²) in [4.78, 5) is 14.3. The quantitative estimate of drug-likeness (QED) is 0.801. The van der Waals surface area contributed by atoms with Crippen molar-refractivity contribution in [2.24, 2.45) is 17.8 Å². The van der Waals surface area contributed by atoms with Gasteiger partial charge >= 0.3 is 0 Å². The second-order valence-corrected chi connectivity index (χ2v) is 6.69. The van der Waals surface area contributed by atoms with Crippen molar-refractivity contribution in [1.29, 1.82) is 0 Å². The van der Waals surface area contributed by atoms with E-state index in [9.17, 15) is 4.79 Å². The van der Waals surface area contributed by atoms with Crippen LogP contribution in [-0.4, -0.2) is 50.1 Å². The van der Waals surface area contributed by atoms with E-state index in [1.54, 1.807) is 0 Å². The number of carbonyl (C=O) groups is 1. The molecule has 110 valence electrons. The van der Waals surface area contributed by atoms with Gasteiger partial charge in [0.15, 0.2) is 0 Å². The summed E-state index contributed by atoms with van der Waals surface area (Å²) in [6.45, 7) is 6.28. The molecule has 0 spiro atoms. The number of hydrogen-bond acceptors (Lipinski definition) is 3. The van der Waals surface area contributed by atoms with Gasteiger partial charge in [-0.15, -0.1) is 0 Å². The average Bonchev–Trinajstić information content (AvgIpc) is 2.64.